The Hall–Kier alpha value is -0.570. The maximum Gasteiger partial charge on any atom is 0.213 e. The summed E-state index contributed by atoms with van der Waals surface area (Å²) in [6.07, 6.45) is 6.68. The van der Waals surface area contributed by atoms with E-state index in [1.54, 1.807) is 7.11 Å². The van der Waals surface area contributed by atoms with Gasteiger partial charge >= 0.3 is 0 Å². The Balaban J connectivity index is 2.71. The summed E-state index contributed by atoms with van der Waals surface area (Å²) in [6.45, 7) is 2.64. The molecule has 1 aliphatic carbocycles. The minimum Gasteiger partial charge on any atom is -0.482 e. The quantitative estimate of drug-likeness (QED) is 0.431. The number of hydrogen-bond acceptors (Lipinski definition) is 3. The highest BCUT2D eigenvalue weighted by Gasteiger charge is 2.37. The minimum absolute atomic E-state index is 0.307. The van der Waals surface area contributed by atoms with Crippen molar-refractivity contribution in [2.45, 2.75) is 51.0 Å². The molecule has 0 amide bonds. The first-order valence-electron chi connectivity index (χ1n) is 5.52. The largest absolute Gasteiger partial charge is 0.482 e. The van der Waals surface area contributed by atoms with E-state index in [4.69, 9.17) is 14.9 Å². The fraction of sp³-hybridized carbons (Fsp3) is 0.909. The maximum atomic E-state index is 7.83. The summed E-state index contributed by atoms with van der Waals surface area (Å²) in [5.41, 5.74) is -0.417. The van der Waals surface area contributed by atoms with Crippen molar-refractivity contribution in [3.8, 4) is 0 Å². The molecule has 1 rings (SSSR count). The summed E-state index contributed by atoms with van der Waals surface area (Å²) in [6, 6.07) is 0. The van der Waals surface area contributed by atoms with Gasteiger partial charge < -0.3 is 9.47 Å². The van der Waals surface area contributed by atoms with E-state index in [1.807, 2.05) is 6.92 Å². The fourth-order valence-corrected chi connectivity index (χ4v) is 2.20. The predicted octanol–water partition coefficient (Wildman–Crippen LogP) is 2.74. The number of hydrogen-bond donors (Lipinski definition) is 1. The van der Waals surface area contributed by atoms with Crippen LogP contribution in [0.5, 0.6) is 0 Å². The lowest BCUT2D eigenvalue weighted by atomic mass is 9.94. The van der Waals surface area contributed by atoms with Gasteiger partial charge in [-0.2, -0.15) is 0 Å². The SMILES string of the molecule is CCOC1(C(=N)OC)CCCCCC1. The van der Waals surface area contributed by atoms with Crippen molar-refractivity contribution >= 4 is 5.90 Å². The van der Waals surface area contributed by atoms with Crippen LogP contribution in [-0.2, 0) is 9.47 Å². The molecule has 0 aromatic rings. The second kappa shape index (κ2) is 5.35. The monoisotopic (exact) mass is 199 g/mol. The molecule has 3 nitrogen and oxygen atoms in total. The molecule has 0 heterocycles. The summed E-state index contributed by atoms with van der Waals surface area (Å²) in [7, 11) is 1.56. The molecule has 0 aliphatic heterocycles. The van der Waals surface area contributed by atoms with Gasteiger partial charge in [-0.3, -0.25) is 5.41 Å². The van der Waals surface area contributed by atoms with E-state index in [0.29, 0.717) is 12.5 Å². The molecule has 1 fully saturated rings. The average molecular weight is 199 g/mol. The standard InChI is InChI=1S/C11H21NO2/c1-3-14-11(10(12)13-2)8-6-4-5-7-9-11/h12H,3-9H2,1-2H3. The third kappa shape index (κ3) is 2.47. The molecule has 82 valence electrons. The molecule has 0 saturated heterocycles. The van der Waals surface area contributed by atoms with Crippen molar-refractivity contribution in [1.29, 1.82) is 5.41 Å². The number of rotatable bonds is 3. The summed E-state index contributed by atoms with van der Waals surface area (Å²) in [4.78, 5) is 0. The van der Waals surface area contributed by atoms with Crippen LogP contribution in [0.1, 0.15) is 45.4 Å². The summed E-state index contributed by atoms with van der Waals surface area (Å²) in [5, 5.41) is 7.83. The van der Waals surface area contributed by atoms with E-state index in [2.05, 4.69) is 0 Å². The molecule has 0 bridgehead atoms. The van der Waals surface area contributed by atoms with Gasteiger partial charge in [-0.05, 0) is 19.8 Å². The Morgan fingerprint density at radius 3 is 2.21 bits per heavy atom. The second-order valence-electron chi connectivity index (χ2n) is 3.87. The van der Waals surface area contributed by atoms with Crippen molar-refractivity contribution in [2.24, 2.45) is 0 Å². The highest BCUT2D eigenvalue weighted by Crippen LogP contribution is 2.31. The van der Waals surface area contributed by atoms with Gasteiger partial charge in [0.15, 0.2) is 0 Å². The van der Waals surface area contributed by atoms with Gasteiger partial charge in [-0.1, -0.05) is 25.7 Å². The number of nitrogens with one attached hydrogen (secondary N) is 1. The highest BCUT2D eigenvalue weighted by atomic mass is 16.5. The molecule has 0 unspecified atom stereocenters. The van der Waals surface area contributed by atoms with Gasteiger partial charge in [0.2, 0.25) is 5.90 Å². The molecule has 1 N–H and O–H groups in total. The average Bonchev–Trinajstić information content (AvgIpc) is 2.44. The van der Waals surface area contributed by atoms with Gasteiger partial charge in [-0.15, -0.1) is 0 Å². The molecule has 0 radical (unpaired) electrons. The highest BCUT2D eigenvalue weighted by molar-refractivity contribution is 5.82. The Labute approximate surface area is 86.3 Å². The van der Waals surface area contributed by atoms with E-state index in [0.717, 1.165) is 25.7 Å². The number of ether oxygens (including phenoxy) is 2. The van der Waals surface area contributed by atoms with Crippen LogP contribution in [0.4, 0.5) is 0 Å². The van der Waals surface area contributed by atoms with Crippen molar-refractivity contribution in [1.82, 2.24) is 0 Å². The van der Waals surface area contributed by atoms with E-state index in [1.165, 1.54) is 12.8 Å². The second-order valence-corrected chi connectivity index (χ2v) is 3.87. The lowest BCUT2D eigenvalue weighted by Crippen LogP contribution is -2.41. The Kier molecular flexibility index (Phi) is 4.39. The third-order valence-corrected chi connectivity index (χ3v) is 2.95. The maximum absolute atomic E-state index is 7.83. The topological polar surface area (TPSA) is 42.3 Å². The Morgan fingerprint density at radius 2 is 1.79 bits per heavy atom. The molecule has 0 aromatic heterocycles. The first-order chi connectivity index (χ1) is 6.75. The molecular weight excluding hydrogens is 178 g/mol. The van der Waals surface area contributed by atoms with Gasteiger partial charge in [-0.25, -0.2) is 0 Å². The Morgan fingerprint density at radius 1 is 1.21 bits per heavy atom. The van der Waals surface area contributed by atoms with E-state index in [-0.39, 0.29) is 0 Å². The minimum atomic E-state index is -0.417. The van der Waals surface area contributed by atoms with Crippen LogP contribution in [0.3, 0.4) is 0 Å². The molecule has 3 heteroatoms. The van der Waals surface area contributed by atoms with Crippen molar-refractivity contribution in [3.63, 3.8) is 0 Å². The van der Waals surface area contributed by atoms with Crippen LogP contribution in [0, 0.1) is 5.41 Å². The van der Waals surface area contributed by atoms with Crippen LogP contribution >= 0.6 is 0 Å². The lowest BCUT2D eigenvalue weighted by molar-refractivity contribution is -0.0117. The first kappa shape index (κ1) is 11.5. The Bertz CT molecular complexity index is 184. The van der Waals surface area contributed by atoms with E-state index < -0.39 is 5.60 Å². The van der Waals surface area contributed by atoms with Crippen LogP contribution in [0.25, 0.3) is 0 Å². The number of methoxy groups -OCH3 is 1. The zero-order valence-corrected chi connectivity index (χ0v) is 9.27. The lowest BCUT2D eigenvalue weighted by Gasteiger charge is -2.31. The third-order valence-electron chi connectivity index (χ3n) is 2.95. The fourth-order valence-electron chi connectivity index (χ4n) is 2.20. The van der Waals surface area contributed by atoms with Gasteiger partial charge in [0, 0.05) is 6.61 Å². The van der Waals surface area contributed by atoms with Crippen molar-refractivity contribution in [3.05, 3.63) is 0 Å². The molecule has 0 spiro atoms. The molecule has 0 atom stereocenters. The van der Waals surface area contributed by atoms with E-state index in [9.17, 15) is 0 Å². The van der Waals surface area contributed by atoms with Crippen LogP contribution in [0.2, 0.25) is 0 Å². The zero-order valence-electron chi connectivity index (χ0n) is 9.27. The van der Waals surface area contributed by atoms with E-state index >= 15 is 0 Å². The van der Waals surface area contributed by atoms with Gasteiger partial charge in [0.05, 0.1) is 7.11 Å². The van der Waals surface area contributed by atoms with Crippen LogP contribution in [0.15, 0.2) is 0 Å². The molecule has 14 heavy (non-hydrogen) atoms. The van der Waals surface area contributed by atoms with Crippen molar-refractivity contribution < 1.29 is 9.47 Å². The zero-order chi connectivity index (χ0) is 10.4. The summed E-state index contributed by atoms with van der Waals surface area (Å²) >= 11 is 0. The first-order valence-corrected chi connectivity index (χ1v) is 5.52. The molecular formula is C11H21NO2. The van der Waals surface area contributed by atoms with Gasteiger partial charge in [0.1, 0.15) is 5.60 Å². The van der Waals surface area contributed by atoms with Crippen LogP contribution in [-0.4, -0.2) is 25.2 Å². The molecule has 0 aromatic carbocycles. The smallest absolute Gasteiger partial charge is 0.213 e. The van der Waals surface area contributed by atoms with Gasteiger partial charge in [0.25, 0.3) is 0 Å². The molecule has 1 aliphatic rings. The summed E-state index contributed by atoms with van der Waals surface area (Å²) in [5.74, 6) is 0.307. The predicted molar refractivity (Wildman–Crippen MR) is 56.8 cm³/mol. The van der Waals surface area contributed by atoms with Crippen molar-refractivity contribution in [2.75, 3.05) is 13.7 Å². The molecule has 1 saturated carbocycles. The summed E-state index contributed by atoms with van der Waals surface area (Å²) < 4.78 is 10.8. The normalized spacial score (nSPS) is 21.3. The van der Waals surface area contributed by atoms with Crippen LogP contribution < -0.4 is 0 Å².